The highest BCUT2D eigenvalue weighted by Gasteiger charge is 2.47. The lowest BCUT2D eigenvalue weighted by Gasteiger charge is -2.27. The quantitative estimate of drug-likeness (QED) is 0.573. The number of carbonyl (C=O) groups excluding carboxylic acids is 1. The largest absolute Gasteiger partial charge is 0.312 e. The first-order valence-electron chi connectivity index (χ1n) is 4.65. The van der Waals surface area contributed by atoms with Gasteiger partial charge in [0.25, 0.3) is 0 Å². The number of fused-ring (bicyclic) bond motifs is 1. The van der Waals surface area contributed by atoms with Gasteiger partial charge < -0.3 is 10.4 Å². The SMILES string of the molecule is O=CC1N(O)C2CCCCC2N1O. The van der Waals surface area contributed by atoms with Crippen LogP contribution in [0.2, 0.25) is 0 Å². The molecule has 0 radical (unpaired) electrons. The van der Waals surface area contributed by atoms with Gasteiger partial charge in [0.1, 0.15) is 0 Å². The summed E-state index contributed by atoms with van der Waals surface area (Å²) < 4.78 is 0. The summed E-state index contributed by atoms with van der Waals surface area (Å²) in [5, 5.41) is 21.1. The molecule has 2 atom stereocenters. The zero-order valence-electron chi connectivity index (χ0n) is 7.33. The number of hydrogen-bond donors (Lipinski definition) is 2. The molecule has 5 nitrogen and oxygen atoms in total. The third-order valence-corrected chi connectivity index (χ3v) is 3.04. The smallest absolute Gasteiger partial charge is 0.166 e. The van der Waals surface area contributed by atoms with E-state index in [4.69, 9.17) is 0 Å². The molecule has 2 N–H and O–H groups in total. The predicted octanol–water partition coefficient (Wildman–Crippen LogP) is 0.219. The van der Waals surface area contributed by atoms with Gasteiger partial charge in [-0.3, -0.25) is 4.79 Å². The summed E-state index contributed by atoms with van der Waals surface area (Å²) in [6.45, 7) is 0. The third kappa shape index (κ3) is 1.28. The van der Waals surface area contributed by atoms with Crippen molar-refractivity contribution in [2.24, 2.45) is 0 Å². The van der Waals surface area contributed by atoms with Crippen molar-refractivity contribution in [3.8, 4) is 0 Å². The van der Waals surface area contributed by atoms with Crippen LogP contribution < -0.4 is 0 Å². The first kappa shape index (κ1) is 9.08. The summed E-state index contributed by atoms with van der Waals surface area (Å²) in [7, 11) is 0. The van der Waals surface area contributed by atoms with E-state index in [0.717, 1.165) is 35.8 Å². The van der Waals surface area contributed by atoms with Gasteiger partial charge in [-0.15, -0.1) is 0 Å². The van der Waals surface area contributed by atoms with Crippen LogP contribution in [0.1, 0.15) is 25.7 Å². The fourth-order valence-electron chi connectivity index (χ4n) is 2.35. The van der Waals surface area contributed by atoms with Gasteiger partial charge in [0, 0.05) is 0 Å². The molecule has 0 aromatic rings. The van der Waals surface area contributed by atoms with E-state index in [-0.39, 0.29) is 12.1 Å². The van der Waals surface area contributed by atoms with E-state index in [1.807, 2.05) is 0 Å². The predicted molar refractivity (Wildman–Crippen MR) is 43.1 cm³/mol. The molecule has 1 saturated heterocycles. The van der Waals surface area contributed by atoms with Gasteiger partial charge in [0.2, 0.25) is 0 Å². The summed E-state index contributed by atoms with van der Waals surface area (Å²) in [5.74, 6) is 0. The van der Waals surface area contributed by atoms with Crippen LogP contribution in [0.25, 0.3) is 0 Å². The number of rotatable bonds is 1. The van der Waals surface area contributed by atoms with E-state index >= 15 is 0 Å². The maximum atomic E-state index is 10.6. The maximum absolute atomic E-state index is 10.6. The van der Waals surface area contributed by atoms with E-state index in [0.29, 0.717) is 6.29 Å². The number of nitrogens with zero attached hydrogens (tertiary/aromatic N) is 2. The molecular formula is C8H14N2O3. The minimum absolute atomic E-state index is 0.0750. The lowest BCUT2D eigenvalue weighted by atomic mass is 9.91. The standard InChI is InChI=1S/C8H14N2O3/c11-5-8-9(12)6-3-1-2-4-7(6)10(8)13/h5-8,12-13H,1-4H2. The summed E-state index contributed by atoms with van der Waals surface area (Å²) >= 11 is 0. The molecule has 1 aliphatic heterocycles. The van der Waals surface area contributed by atoms with Gasteiger partial charge in [-0.1, -0.05) is 12.8 Å². The summed E-state index contributed by atoms with van der Waals surface area (Å²) in [5.41, 5.74) is 0. The van der Waals surface area contributed by atoms with Gasteiger partial charge in [0.05, 0.1) is 12.1 Å². The molecule has 2 aliphatic rings. The third-order valence-electron chi connectivity index (χ3n) is 3.04. The molecule has 0 spiro atoms. The first-order chi connectivity index (χ1) is 6.25. The molecule has 0 amide bonds. The van der Waals surface area contributed by atoms with E-state index < -0.39 is 6.17 Å². The van der Waals surface area contributed by atoms with Gasteiger partial charge in [-0.25, -0.2) is 0 Å². The number of carbonyl (C=O) groups is 1. The highest BCUT2D eigenvalue weighted by molar-refractivity contribution is 5.57. The number of aldehydes is 1. The Morgan fingerprint density at radius 2 is 1.54 bits per heavy atom. The molecule has 13 heavy (non-hydrogen) atoms. The van der Waals surface area contributed by atoms with E-state index in [9.17, 15) is 15.2 Å². The molecule has 2 rings (SSSR count). The summed E-state index contributed by atoms with van der Waals surface area (Å²) in [4.78, 5) is 10.6. The monoisotopic (exact) mass is 186 g/mol. The van der Waals surface area contributed by atoms with Gasteiger partial charge in [-0.05, 0) is 12.8 Å². The topological polar surface area (TPSA) is 64.0 Å². The Morgan fingerprint density at radius 3 is 1.92 bits per heavy atom. The molecule has 1 aliphatic carbocycles. The lowest BCUT2D eigenvalue weighted by Crippen LogP contribution is -2.38. The Labute approximate surface area is 76.5 Å². The van der Waals surface area contributed by atoms with Crippen molar-refractivity contribution in [1.82, 2.24) is 10.1 Å². The first-order valence-corrected chi connectivity index (χ1v) is 4.65. The molecule has 1 saturated carbocycles. The van der Waals surface area contributed by atoms with Gasteiger partial charge in [0.15, 0.2) is 12.5 Å². The molecule has 0 bridgehead atoms. The zero-order chi connectivity index (χ0) is 9.42. The minimum atomic E-state index is -0.868. The summed E-state index contributed by atoms with van der Waals surface area (Å²) in [6.07, 6.45) is 3.51. The second kappa shape index (κ2) is 3.34. The number of hydrogen-bond acceptors (Lipinski definition) is 5. The second-order valence-corrected chi connectivity index (χ2v) is 3.73. The van der Waals surface area contributed by atoms with Crippen molar-refractivity contribution >= 4 is 6.29 Å². The molecule has 2 unspecified atom stereocenters. The Balaban J connectivity index is 2.17. The van der Waals surface area contributed by atoms with Crippen LogP contribution in [0.15, 0.2) is 0 Å². The number of hydroxylamine groups is 4. The van der Waals surface area contributed by atoms with Gasteiger partial charge >= 0.3 is 0 Å². The fraction of sp³-hybridized carbons (Fsp3) is 0.875. The average Bonchev–Trinajstić information content (AvgIpc) is 2.41. The second-order valence-electron chi connectivity index (χ2n) is 3.73. The van der Waals surface area contributed by atoms with Crippen LogP contribution in [0.4, 0.5) is 0 Å². The minimum Gasteiger partial charge on any atom is -0.312 e. The summed E-state index contributed by atoms with van der Waals surface area (Å²) in [6, 6.07) is -0.150. The van der Waals surface area contributed by atoms with Crippen molar-refractivity contribution in [3.05, 3.63) is 0 Å². The molecule has 0 aromatic heterocycles. The van der Waals surface area contributed by atoms with Crippen LogP contribution in [-0.2, 0) is 4.79 Å². The molecule has 2 fully saturated rings. The van der Waals surface area contributed by atoms with Crippen LogP contribution in [0.5, 0.6) is 0 Å². The normalized spacial score (nSPS) is 41.8. The highest BCUT2D eigenvalue weighted by Crippen LogP contribution is 2.33. The molecule has 1 heterocycles. The molecule has 0 aromatic carbocycles. The van der Waals surface area contributed by atoms with E-state index in [1.165, 1.54) is 0 Å². The van der Waals surface area contributed by atoms with Crippen LogP contribution in [0, 0.1) is 0 Å². The van der Waals surface area contributed by atoms with Crippen LogP contribution >= 0.6 is 0 Å². The highest BCUT2D eigenvalue weighted by atomic mass is 16.6. The Morgan fingerprint density at radius 1 is 1.08 bits per heavy atom. The molecular weight excluding hydrogens is 172 g/mol. The maximum Gasteiger partial charge on any atom is 0.166 e. The van der Waals surface area contributed by atoms with Crippen molar-refractivity contribution in [2.75, 3.05) is 0 Å². The Kier molecular flexibility index (Phi) is 2.33. The Hall–Kier alpha value is -0.490. The van der Waals surface area contributed by atoms with Crippen molar-refractivity contribution in [3.63, 3.8) is 0 Å². The molecule has 5 heteroatoms. The van der Waals surface area contributed by atoms with Crippen LogP contribution in [-0.4, -0.2) is 45.1 Å². The van der Waals surface area contributed by atoms with Gasteiger partial charge in [-0.2, -0.15) is 10.1 Å². The van der Waals surface area contributed by atoms with Crippen molar-refractivity contribution < 1.29 is 15.2 Å². The average molecular weight is 186 g/mol. The van der Waals surface area contributed by atoms with Crippen LogP contribution in [0.3, 0.4) is 0 Å². The van der Waals surface area contributed by atoms with E-state index in [2.05, 4.69) is 0 Å². The van der Waals surface area contributed by atoms with Crippen molar-refractivity contribution in [1.29, 1.82) is 0 Å². The van der Waals surface area contributed by atoms with E-state index in [1.54, 1.807) is 0 Å². The van der Waals surface area contributed by atoms with Crippen molar-refractivity contribution in [2.45, 2.75) is 43.9 Å². The lowest BCUT2D eigenvalue weighted by molar-refractivity contribution is -0.200. The Bertz CT molecular complexity index is 194. The molecule has 74 valence electrons. The fourth-order valence-corrected chi connectivity index (χ4v) is 2.35. The zero-order valence-corrected chi connectivity index (χ0v) is 7.33.